The third kappa shape index (κ3) is 5.42. The first kappa shape index (κ1) is 23.6. The van der Waals surface area contributed by atoms with Crippen molar-refractivity contribution in [2.24, 2.45) is 0 Å². The minimum absolute atomic E-state index is 0.419. The van der Waals surface area contributed by atoms with Gasteiger partial charge in [-0.3, -0.25) is 0 Å². The van der Waals surface area contributed by atoms with Crippen molar-refractivity contribution < 1.29 is 9.47 Å². The molecule has 4 heteroatoms. The topological polar surface area (TPSA) is 18.5 Å². The Balaban J connectivity index is 2.14. The SMILES string of the molecule is CCCCCCSSC(c1ccccc1)(c1ccccc1)c1cccc(OC)c1OC. The number of benzene rings is 3. The van der Waals surface area contributed by atoms with E-state index in [0.717, 1.165) is 22.8 Å². The summed E-state index contributed by atoms with van der Waals surface area (Å²) >= 11 is 0. The van der Waals surface area contributed by atoms with E-state index >= 15 is 0 Å². The van der Waals surface area contributed by atoms with E-state index < -0.39 is 4.75 Å². The van der Waals surface area contributed by atoms with Gasteiger partial charge in [0, 0.05) is 11.3 Å². The molecular weight excluding hydrogens is 420 g/mol. The highest BCUT2D eigenvalue weighted by atomic mass is 33.1. The summed E-state index contributed by atoms with van der Waals surface area (Å²) in [6.07, 6.45) is 5.09. The monoisotopic (exact) mass is 452 g/mol. The maximum atomic E-state index is 5.93. The van der Waals surface area contributed by atoms with Crippen LogP contribution in [0.15, 0.2) is 78.9 Å². The van der Waals surface area contributed by atoms with E-state index in [9.17, 15) is 0 Å². The first-order chi connectivity index (χ1) is 15.3. The van der Waals surface area contributed by atoms with Gasteiger partial charge in [-0.2, -0.15) is 0 Å². The molecule has 0 saturated heterocycles. The van der Waals surface area contributed by atoms with E-state index in [-0.39, 0.29) is 0 Å². The van der Waals surface area contributed by atoms with Crippen molar-refractivity contribution >= 4 is 21.6 Å². The third-order valence-corrected chi connectivity index (χ3v) is 8.53. The zero-order chi connectivity index (χ0) is 21.9. The Bertz CT molecular complexity index is 874. The van der Waals surface area contributed by atoms with E-state index in [2.05, 4.69) is 79.7 Å². The summed E-state index contributed by atoms with van der Waals surface area (Å²) in [5.41, 5.74) is 3.58. The molecule has 0 aromatic heterocycles. The number of rotatable bonds is 12. The lowest BCUT2D eigenvalue weighted by molar-refractivity contribution is 0.350. The molecular formula is C27H32O2S2. The van der Waals surface area contributed by atoms with Crippen LogP contribution in [0.2, 0.25) is 0 Å². The van der Waals surface area contributed by atoms with Crippen molar-refractivity contribution in [3.05, 3.63) is 95.6 Å². The number of methoxy groups -OCH3 is 2. The van der Waals surface area contributed by atoms with Gasteiger partial charge in [-0.15, -0.1) is 0 Å². The normalized spacial score (nSPS) is 11.3. The van der Waals surface area contributed by atoms with E-state index in [4.69, 9.17) is 9.47 Å². The molecule has 0 aliphatic carbocycles. The number of ether oxygens (including phenoxy) is 2. The minimum Gasteiger partial charge on any atom is -0.493 e. The minimum atomic E-state index is -0.419. The van der Waals surface area contributed by atoms with Gasteiger partial charge in [0.1, 0.15) is 4.75 Å². The lowest BCUT2D eigenvalue weighted by atomic mass is 9.83. The zero-order valence-electron chi connectivity index (χ0n) is 18.7. The van der Waals surface area contributed by atoms with Crippen molar-refractivity contribution in [1.29, 1.82) is 0 Å². The molecule has 0 N–H and O–H groups in total. The van der Waals surface area contributed by atoms with Crippen LogP contribution in [-0.4, -0.2) is 20.0 Å². The van der Waals surface area contributed by atoms with Crippen molar-refractivity contribution in [3.8, 4) is 11.5 Å². The standard InChI is InChI=1S/C27H32O2S2/c1-4-5-6-13-21-30-31-27(22-15-9-7-10-16-22,23-17-11-8-12-18-23)24-19-14-20-25(28-2)26(24)29-3/h7-12,14-20H,4-6,13,21H2,1-3H3. The van der Waals surface area contributed by atoms with Gasteiger partial charge in [-0.05, 0) is 23.6 Å². The number of hydrogen-bond donors (Lipinski definition) is 0. The van der Waals surface area contributed by atoms with Crippen LogP contribution in [-0.2, 0) is 4.75 Å². The van der Waals surface area contributed by atoms with Crippen LogP contribution in [0.1, 0.15) is 49.3 Å². The molecule has 0 atom stereocenters. The molecule has 0 bridgehead atoms. The maximum absolute atomic E-state index is 5.93. The third-order valence-electron chi connectivity index (χ3n) is 5.41. The molecule has 0 fully saturated rings. The van der Waals surface area contributed by atoms with Crippen LogP contribution in [0.4, 0.5) is 0 Å². The van der Waals surface area contributed by atoms with E-state index in [1.165, 1.54) is 36.8 Å². The van der Waals surface area contributed by atoms with Gasteiger partial charge >= 0.3 is 0 Å². The highest BCUT2D eigenvalue weighted by Gasteiger charge is 2.40. The summed E-state index contributed by atoms with van der Waals surface area (Å²) in [5, 5.41) is 0. The zero-order valence-corrected chi connectivity index (χ0v) is 20.3. The van der Waals surface area contributed by atoms with Gasteiger partial charge < -0.3 is 9.47 Å². The molecule has 3 rings (SSSR count). The molecule has 2 nitrogen and oxygen atoms in total. The fourth-order valence-corrected chi connectivity index (χ4v) is 7.12. The quantitative estimate of drug-likeness (QED) is 0.157. The van der Waals surface area contributed by atoms with E-state index in [0.29, 0.717) is 0 Å². The fraction of sp³-hybridized carbons (Fsp3) is 0.333. The summed E-state index contributed by atoms with van der Waals surface area (Å²) in [6.45, 7) is 2.26. The van der Waals surface area contributed by atoms with Gasteiger partial charge in [0.2, 0.25) is 0 Å². The summed E-state index contributed by atoms with van der Waals surface area (Å²) in [5.74, 6) is 2.67. The second kappa shape index (κ2) is 12.1. The second-order valence-electron chi connectivity index (χ2n) is 7.42. The summed E-state index contributed by atoms with van der Waals surface area (Å²) in [6, 6.07) is 27.7. The van der Waals surface area contributed by atoms with Gasteiger partial charge in [-0.1, -0.05) is 121 Å². The summed E-state index contributed by atoms with van der Waals surface area (Å²) in [7, 11) is 7.29. The highest BCUT2D eigenvalue weighted by molar-refractivity contribution is 8.77. The van der Waals surface area contributed by atoms with Gasteiger partial charge in [0.15, 0.2) is 11.5 Å². The van der Waals surface area contributed by atoms with Crippen molar-refractivity contribution in [2.75, 3.05) is 20.0 Å². The molecule has 164 valence electrons. The number of unbranched alkanes of at least 4 members (excludes halogenated alkanes) is 3. The maximum Gasteiger partial charge on any atom is 0.166 e. The Labute approximate surface area is 195 Å². The van der Waals surface area contributed by atoms with Crippen molar-refractivity contribution in [2.45, 2.75) is 37.4 Å². The Morgan fingerprint density at radius 1 is 0.710 bits per heavy atom. The summed E-state index contributed by atoms with van der Waals surface area (Å²) in [4.78, 5) is 0. The van der Waals surface area contributed by atoms with E-state index in [1.807, 2.05) is 27.7 Å². The Kier molecular flexibility index (Phi) is 9.23. The van der Waals surface area contributed by atoms with Crippen LogP contribution >= 0.6 is 21.6 Å². The molecule has 0 aliphatic heterocycles. The second-order valence-corrected chi connectivity index (χ2v) is 10.1. The van der Waals surface area contributed by atoms with Crippen LogP contribution < -0.4 is 9.47 Å². The largest absolute Gasteiger partial charge is 0.493 e. The number of hydrogen-bond acceptors (Lipinski definition) is 4. The van der Waals surface area contributed by atoms with Crippen LogP contribution in [0, 0.1) is 0 Å². The molecule has 0 radical (unpaired) electrons. The molecule has 0 heterocycles. The van der Waals surface area contributed by atoms with Crippen molar-refractivity contribution in [1.82, 2.24) is 0 Å². The lowest BCUT2D eigenvalue weighted by Gasteiger charge is -2.36. The molecule has 0 saturated carbocycles. The number of para-hydroxylation sites is 1. The molecule has 0 unspecified atom stereocenters. The van der Waals surface area contributed by atoms with Gasteiger partial charge in [-0.25, -0.2) is 0 Å². The molecule has 3 aromatic carbocycles. The molecule has 3 aromatic rings. The van der Waals surface area contributed by atoms with Gasteiger partial charge in [0.25, 0.3) is 0 Å². The van der Waals surface area contributed by atoms with E-state index in [1.54, 1.807) is 14.2 Å². The average Bonchev–Trinajstić information content (AvgIpc) is 2.84. The molecule has 0 aliphatic rings. The smallest absolute Gasteiger partial charge is 0.166 e. The van der Waals surface area contributed by atoms with Crippen LogP contribution in [0.25, 0.3) is 0 Å². The Morgan fingerprint density at radius 3 is 1.90 bits per heavy atom. The molecule has 31 heavy (non-hydrogen) atoms. The average molecular weight is 453 g/mol. The van der Waals surface area contributed by atoms with Crippen LogP contribution in [0.5, 0.6) is 11.5 Å². The van der Waals surface area contributed by atoms with Crippen molar-refractivity contribution in [3.63, 3.8) is 0 Å². The molecule has 0 spiro atoms. The fourth-order valence-electron chi connectivity index (χ4n) is 3.85. The highest BCUT2D eigenvalue weighted by Crippen LogP contribution is 2.56. The van der Waals surface area contributed by atoms with Crippen LogP contribution in [0.3, 0.4) is 0 Å². The first-order valence-corrected chi connectivity index (χ1v) is 13.2. The predicted molar refractivity (Wildman–Crippen MR) is 137 cm³/mol. The predicted octanol–water partition coefficient (Wildman–Crippen LogP) is 7.96. The Hall–Kier alpha value is -2.04. The molecule has 0 amide bonds. The van der Waals surface area contributed by atoms with Gasteiger partial charge in [0.05, 0.1) is 14.2 Å². The Morgan fingerprint density at radius 2 is 1.35 bits per heavy atom. The first-order valence-electron chi connectivity index (χ1n) is 10.9. The lowest BCUT2D eigenvalue weighted by Crippen LogP contribution is -2.25. The summed E-state index contributed by atoms with van der Waals surface area (Å²) < 4.78 is 11.2.